The molecule has 0 spiro atoms. The van der Waals surface area contributed by atoms with Gasteiger partial charge in [-0.3, -0.25) is 10.1 Å². The molecule has 0 radical (unpaired) electrons. The van der Waals surface area contributed by atoms with Gasteiger partial charge in [0.1, 0.15) is 5.75 Å². The van der Waals surface area contributed by atoms with Gasteiger partial charge in [-0.05, 0) is 68.4 Å². The molecule has 7 nitrogen and oxygen atoms in total. The third-order valence-electron chi connectivity index (χ3n) is 7.77. The van der Waals surface area contributed by atoms with Crippen LogP contribution in [0, 0.1) is 17.8 Å². The Hall–Kier alpha value is -2.28. The minimum absolute atomic E-state index is 0.0741. The van der Waals surface area contributed by atoms with Crippen molar-refractivity contribution in [1.29, 1.82) is 0 Å². The molecule has 162 valence electrons. The molecule has 1 aromatic carbocycles. The molecule has 1 aliphatic heterocycles. The Morgan fingerprint density at radius 3 is 2.23 bits per heavy atom. The van der Waals surface area contributed by atoms with E-state index in [1.54, 1.807) is 6.07 Å². The molecule has 30 heavy (non-hydrogen) atoms. The summed E-state index contributed by atoms with van der Waals surface area (Å²) < 4.78 is 0. The Labute approximate surface area is 177 Å². The first-order valence-electron chi connectivity index (χ1n) is 11.5. The summed E-state index contributed by atoms with van der Waals surface area (Å²) in [6.45, 7) is 3.47. The molecule has 0 atom stereocenters. The van der Waals surface area contributed by atoms with Crippen molar-refractivity contribution >= 4 is 17.6 Å². The number of hydrogen-bond acceptors (Lipinski definition) is 4. The maximum atomic E-state index is 12.6. The van der Waals surface area contributed by atoms with Crippen molar-refractivity contribution in [3.63, 3.8) is 0 Å². The number of quaternary nitrogens is 1. The Kier molecular flexibility index (Phi) is 5.09. The Morgan fingerprint density at radius 1 is 1.03 bits per heavy atom. The molecular weight excluding hydrogens is 380 g/mol. The minimum Gasteiger partial charge on any atom is -0.506 e. The molecular formula is C23H33N4O3+. The highest BCUT2D eigenvalue weighted by Crippen LogP contribution is 2.55. The van der Waals surface area contributed by atoms with E-state index in [0.29, 0.717) is 12.3 Å². The topological polar surface area (TPSA) is 86.1 Å². The van der Waals surface area contributed by atoms with Gasteiger partial charge in [-0.25, -0.2) is 4.79 Å². The average molecular weight is 414 g/mol. The van der Waals surface area contributed by atoms with E-state index in [9.17, 15) is 14.7 Å². The van der Waals surface area contributed by atoms with E-state index in [4.69, 9.17) is 0 Å². The van der Waals surface area contributed by atoms with Crippen molar-refractivity contribution in [2.24, 2.45) is 17.8 Å². The predicted molar refractivity (Wildman–Crippen MR) is 113 cm³/mol. The highest BCUT2D eigenvalue weighted by Gasteiger charge is 2.51. The molecule has 1 saturated heterocycles. The predicted octanol–water partition coefficient (Wildman–Crippen LogP) is 0.892. The van der Waals surface area contributed by atoms with E-state index >= 15 is 0 Å². The van der Waals surface area contributed by atoms with Gasteiger partial charge in [0, 0.05) is 5.54 Å². The van der Waals surface area contributed by atoms with Gasteiger partial charge in [0.15, 0.2) is 6.54 Å². The minimum atomic E-state index is -0.311. The fraction of sp³-hybridized carbons (Fsp3) is 0.652. The van der Waals surface area contributed by atoms with Crippen LogP contribution >= 0.6 is 0 Å². The molecule has 7 heteroatoms. The van der Waals surface area contributed by atoms with Crippen LogP contribution in [0.3, 0.4) is 0 Å². The van der Waals surface area contributed by atoms with Crippen LogP contribution < -0.4 is 20.4 Å². The molecule has 6 rings (SSSR count). The van der Waals surface area contributed by atoms with Gasteiger partial charge < -0.3 is 20.2 Å². The number of amides is 3. The monoisotopic (exact) mass is 413 g/mol. The first-order valence-corrected chi connectivity index (χ1v) is 11.5. The van der Waals surface area contributed by atoms with E-state index in [-0.39, 0.29) is 17.5 Å². The van der Waals surface area contributed by atoms with Gasteiger partial charge in [0.2, 0.25) is 0 Å². The van der Waals surface area contributed by atoms with Crippen molar-refractivity contribution in [2.75, 3.05) is 37.6 Å². The number of aromatic hydroxyl groups is 1. The van der Waals surface area contributed by atoms with E-state index in [0.717, 1.165) is 68.9 Å². The third-order valence-corrected chi connectivity index (χ3v) is 7.77. The molecule has 3 amide bonds. The molecule has 4 bridgehead atoms. The molecule has 1 aromatic rings. The van der Waals surface area contributed by atoms with Gasteiger partial charge in [0.05, 0.1) is 31.9 Å². The summed E-state index contributed by atoms with van der Waals surface area (Å²) in [6.07, 6.45) is 7.24. The summed E-state index contributed by atoms with van der Waals surface area (Å²) in [7, 11) is 0. The highest BCUT2D eigenvalue weighted by atomic mass is 16.3. The molecule has 5 fully saturated rings. The van der Waals surface area contributed by atoms with Crippen LogP contribution in [0.5, 0.6) is 5.75 Å². The number of phenolic OH excluding ortho intramolecular Hbond substituents is 1. The van der Waals surface area contributed by atoms with Gasteiger partial charge in [-0.1, -0.05) is 12.1 Å². The van der Waals surface area contributed by atoms with Gasteiger partial charge in [-0.15, -0.1) is 0 Å². The quantitative estimate of drug-likeness (QED) is 0.591. The van der Waals surface area contributed by atoms with Crippen LogP contribution in [-0.4, -0.2) is 55.3 Å². The standard InChI is InChI=1S/C23H32N4O3/c28-20-4-2-1-3-19(20)27-7-5-26(6-8-27)15-21(29)24-22(30)25-23-12-16-9-17(13-23)11-18(10-16)14-23/h1-4,16-18,28H,5-15H2,(H2,24,25,29,30)/p+1. The summed E-state index contributed by atoms with van der Waals surface area (Å²) in [5, 5.41) is 15.8. The molecule has 4 N–H and O–H groups in total. The number of piperazine rings is 1. The number of carbonyl (C=O) groups is 2. The van der Waals surface area contributed by atoms with Crippen molar-refractivity contribution in [2.45, 2.75) is 44.1 Å². The lowest BCUT2D eigenvalue weighted by molar-refractivity contribution is -0.892. The average Bonchev–Trinajstić information content (AvgIpc) is 2.67. The Balaban J connectivity index is 1.09. The van der Waals surface area contributed by atoms with E-state index < -0.39 is 0 Å². The van der Waals surface area contributed by atoms with Crippen LogP contribution in [0.1, 0.15) is 38.5 Å². The van der Waals surface area contributed by atoms with Crippen molar-refractivity contribution in [3.8, 4) is 5.75 Å². The smallest absolute Gasteiger partial charge is 0.322 e. The normalized spacial score (nSPS) is 32.8. The number of benzene rings is 1. The lowest BCUT2D eigenvalue weighted by atomic mass is 9.53. The number of imide groups is 1. The molecule has 4 aliphatic carbocycles. The summed E-state index contributed by atoms with van der Waals surface area (Å²) in [6, 6.07) is 7.05. The molecule has 5 aliphatic rings. The summed E-state index contributed by atoms with van der Waals surface area (Å²) in [5.41, 5.74) is 0.769. The zero-order valence-corrected chi connectivity index (χ0v) is 17.5. The number of urea groups is 1. The van der Waals surface area contributed by atoms with E-state index in [2.05, 4.69) is 15.5 Å². The van der Waals surface area contributed by atoms with Crippen molar-refractivity contribution in [3.05, 3.63) is 24.3 Å². The van der Waals surface area contributed by atoms with Crippen LogP contribution in [-0.2, 0) is 4.79 Å². The highest BCUT2D eigenvalue weighted by molar-refractivity contribution is 5.95. The zero-order valence-electron chi connectivity index (χ0n) is 17.5. The SMILES string of the molecule is O=C(C[NH+]1CCN(c2ccccc2O)CC1)NC(=O)NC12CC3CC(CC(C3)C1)C2. The van der Waals surface area contributed by atoms with Crippen molar-refractivity contribution in [1.82, 2.24) is 10.6 Å². The molecule has 1 heterocycles. The van der Waals surface area contributed by atoms with Crippen LogP contribution in [0.15, 0.2) is 24.3 Å². The maximum absolute atomic E-state index is 12.6. The first-order chi connectivity index (χ1) is 14.5. The Morgan fingerprint density at radius 2 is 1.63 bits per heavy atom. The number of anilines is 1. The van der Waals surface area contributed by atoms with Gasteiger partial charge >= 0.3 is 6.03 Å². The number of carbonyl (C=O) groups excluding carboxylic acids is 2. The number of phenols is 1. The second kappa shape index (κ2) is 7.76. The number of para-hydroxylation sites is 2. The second-order valence-electron chi connectivity index (χ2n) is 10.1. The largest absolute Gasteiger partial charge is 0.506 e. The first kappa shape index (κ1) is 19.7. The zero-order chi connectivity index (χ0) is 20.7. The number of rotatable bonds is 4. The summed E-state index contributed by atoms with van der Waals surface area (Å²) >= 11 is 0. The summed E-state index contributed by atoms with van der Waals surface area (Å²) in [4.78, 5) is 28.4. The second-order valence-corrected chi connectivity index (χ2v) is 10.1. The third kappa shape index (κ3) is 4.00. The molecule has 0 aromatic heterocycles. The lowest BCUT2D eigenvalue weighted by Gasteiger charge is -2.56. The van der Waals surface area contributed by atoms with E-state index in [1.165, 1.54) is 24.2 Å². The van der Waals surface area contributed by atoms with Crippen molar-refractivity contribution < 1.29 is 19.6 Å². The number of nitrogens with one attached hydrogen (secondary N) is 3. The lowest BCUT2D eigenvalue weighted by Crippen LogP contribution is -3.16. The molecule has 0 unspecified atom stereocenters. The van der Waals surface area contributed by atoms with E-state index in [1.807, 2.05) is 18.2 Å². The number of hydrogen-bond donors (Lipinski definition) is 4. The molecule has 4 saturated carbocycles. The fourth-order valence-corrected chi connectivity index (χ4v) is 6.91. The number of nitrogens with zero attached hydrogens (tertiary/aromatic N) is 1. The van der Waals surface area contributed by atoms with Crippen LogP contribution in [0.2, 0.25) is 0 Å². The van der Waals surface area contributed by atoms with Crippen LogP contribution in [0.4, 0.5) is 10.5 Å². The van der Waals surface area contributed by atoms with Gasteiger partial charge in [0.25, 0.3) is 5.91 Å². The van der Waals surface area contributed by atoms with Gasteiger partial charge in [-0.2, -0.15) is 0 Å². The maximum Gasteiger partial charge on any atom is 0.322 e. The Bertz CT molecular complexity index is 783. The summed E-state index contributed by atoms with van der Waals surface area (Å²) in [5.74, 6) is 2.37. The fourth-order valence-electron chi connectivity index (χ4n) is 6.91. The van der Waals surface area contributed by atoms with Crippen LogP contribution in [0.25, 0.3) is 0 Å².